The normalized spacial score (nSPS) is 12.8. The highest BCUT2D eigenvalue weighted by Gasteiger charge is 2.05. The monoisotopic (exact) mass is 255 g/mol. The number of hydrogen-bond donors (Lipinski definition) is 1. The van der Waals surface area contributed by atoms with Gasteiger partial charge in [-0.25, -0.2) is 0 Å². The molecule has 2 nitrogen and oxygen atoms in total. The lowest BCUT2D eigenvalue weighted by molar-refractivity contribution is 0.242. The van der Waals surface area contributed by atoms with Crippen molar-refractivity contribution in [3.05, 3.63) is 28.8 Å². The van der Waals surface area contributed by atoms with Crippen molar-refractivity contribution in [2.45, 2.75) is 52.8 Å². The maximum Gasteiger partial charge on any atom is 0.138 e. The molecule has 0 aromatic heterocycles. The van der Waals surface area contributed by atoms with Crippen LogP contribution in [0.1, 0.15) is 39.7 Å². The first-order valence-electron chi connectivity index (χ1n) is 6.21. The number of halogens is 1. The van der Waals surface area contributed by atoms with Crippen LogP contribution in [0.15, 0.2) is 18.2 Å². The minimum absolute atomic E-state index is 0.150. The fourth-order valence-electron chi connectivity index (χ4n) is 1.44. The molecule has 0 heterocycles. The van der Waals surface area contributed by atoms with E-state index in [1.54, 1.807) is 0 Å². The summed E-state index contributed by atoms with van der Waals surface area (Å²) in [5.41, 5.74) is 1.19. The average molecular weight is 256 g/mol. The van der Waals surface area contributed by atoms with Gasteiger partial charge >= 0.3 is 0 Å². The van der Waals surface area contributed by atoms with Crippen LogP contribution in [0.25, 0.3) is 0 Å². The Bertz CT molecular complexity index is 352. The molecule has 1 aromatic carbocycles. The van der Waals surface area contributed by atoms with E-state index < -0.39 is 0 Å². The predicted octanol–water partition coefficient (Wildman–Crippen LogP) is 4.02. The third kappa shape index (κ3) is 4.97. The van der Waals surface area contributed by atoms with Crippen LogP contribution in [0.3, 0.4) is 0 Å². The number of nitrogens with one attached hydrogen (secondary N) is 1. The van der Waals surface area contributed by atoms with E-state index in [1.165, 1.54) is 5.56 Å². The summed E-state index contributed by atoms with van der Waals surface area (Å²) in [6.07, 6.45) is 1.28. The van der Waals surface area contributed by atoms with Crippen LogP contribution in [0.2, 0.25) is 5.02 Å². The quantitative estimate of drug-likeness (QED) is 0.829. The summed E-state index contributed by atoms with van der Waals surface area (Å²) in [5.74, 6) is 0.758. The number of benzene rings is 1. The molecule has 0 fully saturated rings. The lowest BCUT2D eigenvalue weighted by Gasteiger charge is -2.14. The first kappa shape index (κ1) is 14.3. The van der Waals surface area contributed by atoms with Crippen LogP contribution in [0.5, 0.6) is 5.75 Å². The summed E-state index contributed by atoms with van der Waals surface area (Å²) in [5, 5.41) is 4.12. The lowest BCUT2D eigenvalue weighted by atomic mass is 10.2. The molecule has 0 saturated heterocycles. The minimum Gasteiger partial charge on any atom is -0.489 e. The molecule has 0 radical (unpaired) electrons. The van der Waals surface area contributed by atoms with Gasteiger partial charge in [0.2, 0.25) is 0 Å². The first-order chi connectivity index (χ1) is 8.02. The van der Waals surface area contributed by atoms with E-state index in [0.29, 0.717) is 11.1 Å². The molecule has 0 aliphatic rings. The standard InChI is InChI=1S/C14H22ClNO/c1-5-11(4)16-9-12-6-7-14(13(15)8-12)17-10(2)3/h6-8,10-11,16H,5,9H2,1-4H3/t11-/m1/s1. The highest BCUT2D eigenvalue weighted by molar-refractivity contribution is 6.32. The average Bonchev–Trinajstić information content (AvgIpc) is 2.28. The summed E-state index contributed by atoms with van der Waals surface area (Å²) in [7, 11) is 0. The van der Waals surface area contributed by atoms with Crippen LogP contribution >= 0.6 is 11.6 Å². The van der Waals surface area contributed by atoms with Crippen LogP contribution in [-0.4, -0.2) is 12.1 Å². The molecule has 96 valence electrons. The lowest BCUT2D eigenvalue weighted by Crippen LogP contribution is -2.24. The molecule has 1 N–H and O–H groups in total. The predicted molar refractivity (Wildman–Crippen MR) is 73.8 cm³/mol. The van der Waals surface area contributed by atoms with E-state index in [4.69, 9.17) is 16.3 Å². The van der Waals surface area contributed by atoms with Gasteiger partial charge in [-0.3, -0.25) is 0 Å². The van der Waals surface area contributed by atoms with Gasteiger partial charge in [-0.15, -0.1) is 0 Å². The SMILES string of the molecule is CC[C@@H](C)NCc1ccc(OC(C)C)c(Cl)c1. The summed E-state index contributed by atoms with van der Waals surface area (Å²) >= 11 is 6.17. The third-order valence-corrected chi connectivity index (χ3v) is 2.92. The van der Waals surface area contributed by atoms with Gasteiger partial charge in [0.05, 0.1) is 11.1 Å². The Labute approximate surface area is 109 Å². The van der Waals surface area contributed by atoms with Crippen LogP contribution in [0.4, 0.5) is 0 Å². The Balaban J connectivity index is 2.62. The van der Waals surface area contributed by atoms with Crippen LogP contribution in [0, 0.1) is 0 Å². The molecule has 0 saturated carbocycles. The van der Waals surface area contributed by atoms with Crippen LogP contribution < -0.4 is 10.1 Å². The van der Waals surface area contributed by atoms with E-state index in [9.17, 15) is 0 Å². The van der Waals surface area contributed by atoms with E-state index in [-0.39, 0.29) is 6.10 Å². The van der Waals surface area contributed by atoms with Crippen molar-refractivity contribution in [3.8, 4) is 5.75 Å². The zero-order valence-electron chi connectivity index (χ0n) is 11.1. The van der Waals surface area contributed by atoms with E-state index >= 15 is 0 Å². The summed E-state index contributed by atoms with van der Waals surface area (Å²) in [6.45, 7) is 9.18. The molecule has 1 atom stereocenters. The van der Waals surface area contributed by atoms with Crippen molar-refractivity contribution in [1.29, 1.82) is 0 Å². The maximum absolute atomic E-state index is 6.17. The largest absolute Gasteiger partial charge is 0.489 e. The Morgan fingerprint density at radius 1 is 1.29 bits per heavy atom. The minimum atomic E-state index is 0.150. The molecule has 0 bridgehead atoms. The van der Waals surface area contributed by atoms with Crippen molar-refractivity contribution in [2.75, 3.05) is 0 Å². The van der Waals surface area contributed by atoms with E-state index in [0.717, 1.165) is 18.7 Å². The van der Waals surface area contributed by atoms with Gasteiger partial charge in [-0.05, 0) is 44.9 Å². The van der Waals surface area contributed by atoms with Crippen molar-refractivity contribution in [3.63, 3.8) is 0 Å². The highest BCUT2D eigenvalue weighted by Crippen LogP contribution is 2.26. The van der Waals surface area contributed by atoms with Gasteiger partial charge < -0.3 is 10.1 Å². The zero-order chi connectivity index (χ0) is 12.8. The maximum atomic E-state index is 6.17. The molecule has 0 amide bonds. The van der Waals surface area contributed by atoms with Crippen molar-refractivity contribution < 1.29 is 4.74 Å². The second-order valence-corrected chi connectivity index (χ2v) is 5.03. The molecule has 17 heavy (non-hydrogen) atoms. The highest BCUT2D eigenvalue weighted by atomic mass is 35.5. The summed E-state index contributed by atoms with van der Waals surface area (Å²) in [6, 6.07) is 6.49. The fourth-order valence-corrected chi connectivity index (χ4v) is 1.69. The second-order valence-electron chi connectivity index (χ2n) is 4.62. The van der Waals surface area contributed by atoms with Crippen molar-refractivity contribution in [1.82, 2.24) is 5.32 Å². The number of hydrogen-bond acceptors (Lipinski definition) is 2. The summed E-state index contributed by atoms with van der Waals surface area (Å²) < 4.78 is 5.59. The number of ether oxygens (including phenoxy) is 1. The van der Waals surface area contributed by atoms with Gasteiger partial charge in [-0.2, -0.15) is 0 Å². The van der Waals surface area contributed by atoms with Gasteiger partial charge in [0.25, 0.3) is 0 Å². The molecule has 0 unspecified atom stereocenters. The Kier molecular flexibility index (Phi) is 5.79. The van der Waals surface area contributed by atoms with Gasteiger partial charge in [0, 0.05) is 12.6 Å². The third-order valence-electron chi connectivity index (χ3n) is 2.63. The Morgan fingerprint density at radius 3 is 2.53 bits per heavy atom. The Hall–Kier alpha value is -0.730. The molecular formula is C14H22ClNO. The molecule has 0 aliphatic carbocycles. The topological polar surface area (TPSA) is 21.3 Å². The van der Waals surface area contributed by atoms with Gasteiger partial charge in [0.15, 0.2) is 0 Å². The smallest absolute Gasteiger partial charge is 0.138 e. The van der Waals surface area contributed by atoms with Crippen molar-refractivity contribution in [2.24, 2.45) is 0 Å². The fraction of sp³-hybridized carbons (Fsp3) is 0.571. The van der Waals surface area contributed by atoms with E-state index in [2.05, 4.69) is 25.2 Å². The van der Waals surface area contributed by atoms with Gasteiger partial charge in [0.1, 0.15) is 5.75 Å². The van der Waals surface area contributed by atoms with Crippen molar-refractivity contribution >= 4 is 11.6 Å². The molecule has 1 aromatic rings. The molecular weight excluding hydrogens is 234 g/mol. The first-order valence-corrected chi connectivity index (χ1v) is 6.59. The Morgan fingerprint density at radius 2 is 2.00 bits per heavy atom. The van der Waals surface area contributed by atoms with Gasteiger partial charge in [-0.1, -0.05) is 24.6 Å². The molecule has 0 aliphatic heterocycles. The molecule has 1 rings (SSSR count). The zero-order valence-corrected chi connectivity index (χ0v) is 11.8. The van der Waals surface area contributed by atoms with E-state index in [1.807, 2.05) is 26.0 Å². The second kappa shape index (κ2) is 6.87. The molecule has 3 heteroatoms. The van der Waals surface area contributed by atoms with Crippen LogP contribution in [-0.2, 0) is 6.54 Å². The molecule has 0 spiro atoms. The number of rotatable bonds is 6. The summed E-state index contributed by atoms with van der Waals surface area (Å²) in [4.78, 5) is 0.